The van der Waals surface area contributed by atoms with Crippen molar-refractivity contribution in [2.45, 2.75) is 39.2 Å². The fraction of sp³-hybridized carbons (Fsp3) is 0.500. The SMILES string of the molecule is Cc1nn(-c2ccc(F)cc2)c(C)c1C(=O)NCCCOCC1CCCO1. The standard InChI is InChI=1S/C20H26FN3O3/c1-14-19(15(2)24(23-14)17-8-6-16(21)7-9-17)20(25)22-10-4-11-26-13-18-5-3-12-27-18/h6-9,18H,3-5,10-13H2,1-2H3,(H,22,25). The van der Waals surface area contributed by atoms with Crippen LogP contribution in [0.15, 0.2) is 24.3 Å². The Morgan fingerprint density at radius 3 is 2.85 bits per heavy atom. The summed E-state index contributed by atoms with van der Waals surface area (Å²) in [6, 6.07) is 6.04. The summed E-state index contributed by atoms with van der Waals surface area (Å²) in [5.41, 5.74) is 2.65. The lowest BCUT2D eigenvalue weighted by Crippen LogP contribution is -2.26. The van der Waals surface area contributed by atoms with Crippen LogP contribution in [0.5, 0.6) is 0 Å². The van der Waals surface area contributed by atoms with E-state index in [-0.39, 0.29) is 17.8 Å². The first kappa shape index (κ1) is 19.5. The second kappa shape index (κ2) is 9.10. The number of amides is 1. The Bertz CT molecular complexity index is 768. The van der Waals surface area contributed by atoms with E-state index in [1.54, 1.807) is 23.7 Å². The van der Waals surface area contributed by atoms with Gasteiger partial charge < -0.3 is 14.8 Å². The van der Waals surface area contributed by atoms with E-state index in [4.69, 9.17) is 9.47 Å². The van der Waals surface area contributed by atoms with Gasteiger partial charge in [-0.3, -0.25) is 4.79 Å². The van der Waals surface area contributed by atoms with Crippen LogP contribution >= 0.6 is 0 Å². The van der Waals surface area contributed by atoms with Gasteiger partial charge in [-0.05, 0) is 57.4 Å². The molecule has 7 heteroatoms. The maximum absolute atomic E-state index is 13.1. The lowest BCUT2D eigenvalue weighted by molar-refractivity contribution is 0.0166. The highest BCUT2D eigenvalue weighted by Crippen LogP contribution is 2.18. The van der Waals surface area contributed by atoms with Gasteiger partial charge >= 0.3 is 0 Å². The molecule has 1 atom stereocenters. The Hall–Kier alpha value is -2.25. The summed E-state index contributed by atoms with van der Waals surface area (Å²) >= 11 is 0. The summed E-state index contributed by atoms with van der Waals surface area (Å²) in [6.45, 7) is 6.21. The maximum atomic E-state index is 13.1. The molecule has 1 aromatic carbocycles. The molecular weight excluding hydrogens is 349 g/mol. The Labute approximate surface area is 158 Å². The Morgan fingerprint density at radius 1 is 1.37 bits per heavy atom. The Morgan fingerprint density at radius 2 is 2.15 bits per heavy atom. The average molecular weight is 375 g/mol. The number of aryl methyl sites for hydroxylation is 1. The third-order valence-corrected chi connectivity index (χ3v) is 4.67. The van der Waals surface area contributed by atoms with Gasteiger partial charge in [-0.15, -0.1) is 0 Å². The maximum Gasteiger partial charge on any atom is 0.255 e. The van der Waals surface area contributed by atoms with Crippen molar-refractivity contribution in [3.63, 3.8) is 0 Å². The van der Waals surface area contributed by atoms with E-state index >= 15 is 0 Å². The highest BCUT2D eigenvalue weighted by molar-refractivity contribution is 5.96. The van der Waals surface area contributed by atoms with Crippen LogP contribution in [0.25, 0.3) is 5.69 Å². The van der Waals surface area contributed by atoms with Crippen molar-refractivity contribution in [3.05, 3.63) is 47.0 Å². The summed E-state index contributed by atoms with van der Waals surface area (Å²) in [5, 5.41) is 7.35. The molecule has 0 spiro atoms. The number of carbonyl (C=O) groups is 1. The quantitative estimate of drug-likeness (QED) is 0.721. The Balaban J connectivity index is 1.50. The number of hydrogen-bond acceptors (Lipinski definition) is 4. The average Bonchev–Trinajstić information content (AvgIpc) is 3.26. The highest BCUT2D eigenvalue weighted by Gasteiger charge is 2.19. The van der Waals surface area contributed by atoms with Gasteiger partial charge in [-0.25, -0.2) is 9.07 Å². The molecule has 0 radical (unpaired) electrons. The fourth-order valence-electron chi connectivity index (χ4n) is 3.26. The second-order valence-corrected chi connectivity index (χ2v) is 6.75. The third kappa shape index (κ3) is 4.93. The van der Waals surface area contributed by atoms with Crippen LogP contribution < -0.4 is 5.32 Å². The first-order chi connectivity index (χ1) is 13.1. The van der Waals surface area contributed by atoms with Crippen LogP contribution in [0.3, 0.4) is 0 Å². The summed E-state index contributed by atoms with van der Waals surface area (Å²) in [6.07, 6.45) is 3.13. The van der Waals surface area contributed by atoms with Crippen molar-refractivity contribution >= 4 is 5.91 Å². The molecule has 146 valence electrons. The molecule has 1 N–H and O–H groups in total. The van der Waals surface area contributed by atoms with E-state index in [2.05, 4.69) is 10.4 Å². The minimum atomic E-state index is -0.306. The van der Waals surface area contributed by atoms with Crippen molar-refractivity contribution in [3.8, 4) is 5.69 Å². The molecule has 1 aromatic heterocycles. The smallest absolute Gasteiger partial charge is 0.255 e. The molecule has 2 aromatic rings. The fourth-order valence-corrected chi connectivity index (χ4v) is 3.26. The van der Waals surface area contributed by atoms with Gasteiger partial charge in [0.15, 0.2) is 0 Å². The molecule has 1 aliphatic rings. The van der Waals surface area contributed by atoms with E-state index in [9.17, 15) is 9.18 Å². The van der Waals surface area contributed by atoms with Gasteiger partial charge in [0.2, 0.25) is 0 Å². The monoisotopic (exact) mass is 375 g/mol. The number of nitrogens with zero attached hydrogens (tertiary/aromatic N) is 2. The van der Waals surface area contributed by atoms with E-state index < -0.39 is 0 Å². The van der Waals surface area contributed by atoms with Crippen molar-refractivity contribution < 1.29 is 18.7 Å². The number of hydrogen-bond donors (Lipinski definition) is 1. The number of carbonyl (C=O) groups excluding carboxylic acids is 1. The van der Waals surface area contributed by atoms with Crippen LogP contribution in [0.2, 0.25) is 0 Å². The summed E-state index contributed by atoms with van der Waals surface area (Å²) in [5.74, 6) is -0.461. The van der Waals surface area contributed by atoms with E-state index in [0.717, 1.165) is 37.3 Å². The first-order valence-electron chi connectivity index (χ1n) is 9.36. The van der Waals surface area contributed by atoms with Gasteiger partial charge in [0.1, 0.15) is 5.82 Å². The number of aromatic nitrogens is 2. The lowest BCUT2D eigenvalue weighted by Gasteiger charge is -2.10. The molecule has 0 saturated carbocycles. The van der Waals surface area contributed by atoms with Gasteiger partial charge in [0.05, 0.1) is 35.3 Å². The van der Waals surface area contributed by atoms with Crippen molar-refractivity contribution in [1.29, 1.82) is 0 Å². The molecule has 27 heavy (non-hydrogen) atoms. The second-order valence-electron chi connectivity index (χ2n) is 6.75. The van der Waals surface area contributed by atoms with Crippen LogP contribution in [0, 0.1) is 19.7 Å². The summed E-state index contributed by atoms with van der Waals surface area (Å²) in [7, 11) is 0. The van der Waals surface area contributed by atoms with E-state index in [1.807, 2.05) is 6.92 Å². The zero-order valence-electron chi connectivity index (χ0n) is 15.8. The molecule has 1 unspecified atom stereocenters. The molecule has 1 amide bonds. The highest BCUT2D eigenvalue weighted by atomic mass is 19.1. The molecule has 1 saturated heterocycles. The normalized spacial score (nSPS) is 16.6. The first-order valence-corrected chi connectivity index (χ1v) is 9.36. The predicted molar refractivity (Wildman–Crippen MR) is 99.7 cm³/mol. The molecule has 1 aliphatic heterocycles. The molecule has 0 bridgehead atoms. The van der Waals surface area contributed by atoms with E-state index in [1.165, 1.54) is 12.1 Å². The topological polar surface area (TPSA) is 65.4 Å². The van der Waals surface area contributed by atoms with Crippen molar-refractivity contribution in [2.75, 3.05) is 26.4 Å². The number of rotatable bonds is 8. The van der Waals surface area contributed by atoms with Gasteiger partial charge in [0.25, 0.3) is 5.91 Å². The number of ether oxygens (including phenoxy) is 2. The van der Waals surface area contributed by atoms with Gasteiger partial charge in [-0.1, -0.05) is 0 Å². The van der Waals surface area contributed by atoms with Crippen LogP contribution in [0.1, 0.15) is 41.0 Å². The largest absolute Gasteiger partial charge is 0.379 e. The molecule has 6 nitrogen and oxygen atoms in total. The zero-order valence-corrected chi connectivity index (χ0v) is 15.8. The molecule has 1 fully saturated rings. The minimum Gasteiger partial charge on any atom is -0.379 e. The molecular formula is C20H26FN3O3. The number of nitrogens with one attached hydrogen (secondary N) is 1. The molecule has 2 heterocycles. The lowest BCUT2D eigenvalue weighted by atomic mass is 10.2. The molecule has 3 rings (SSSR count). The van der Waals surface area contributed by atoms with Gasteiger partial charge in [-0.2, -0.15) is 5.10 Å². The summed E-state index contributed by atoms with van der Waals surface area (Å²) < 4.78 is 25.9. The van der Waals surface area contributed by atoms with Crippen LogP contribution in [-0.4, -0.2) is 48.2 Å². The van der Waals surface area contributed by atoms with E-state index in [0.29, 0.717) is 31.0 Å². The zero-order chi connectivity index (χ0) is 19.2. The van der Waals surface area contributed by atoms with Crippen molar-refractivity contribution in [1.82, 2.24) is 15.1 Å². The summed E-state index contributed by atoms with van der Waals surface area (Å²) in [4.78, 5) is 12.5. The predicted octanol–water partition coefficient (Wildman–Crippen LogP) is 2.94. The third-order valence-electron chi connectivity index (χ3n) is 4.67. The number of halogens is 1. The Kier molecular flexibility index (Phi) is 6.58. The minimum absolute atomic E-state index is 0.155. The van der Waals surface area contributed by atoms with Crippen LogP contribution in [-0.2, 0) is 9.47 Å². The van der Waals surface area contributed by atoms with Crippen molar-refractivity contribution in [2.24, 2.45) is 0 Å². The van der Waals surface area contributed by atoms with Crippen LogP contribution in [0.4, 0.5) is 4.39 Å². The molecule has 0 aliphatic carbocycles. The van der Waals surface area contributed by atoms with Gasteiger partial charge in [0, 0.05) is 19.8 Å². The number of benzene rings is 1.